The Morgan fingerprint density at radius 3 is 0.333 bits per heavy atom. The molecule has 0 aromatic rings. The minimum absolute atomic E-state index is 0. The van der Waals surface area contributed by atoms with Crippen LogP contribution in [0.1, 0.15) is 0 Å². The van der Waals surface area contributed by atoms with Gasteiger partial charge in [0.2, 0.25) is 0 Å². The minimum Gasteiger partial charge on any atom is -1.00 e. The van der Waals surface area contributed by atoms with Crippen LogP contribution < -0.4 is 12.4 Å². The largest absolute Gasteiger partial charge is 3.00 e. The molecule has 0 rings (SSSR count). The molecule has 0 atom stereocenters. The van der Waals surface area contributed by atoms with Crippen molar-refractivity contribution in [1.29, 1.82) is 0 Å². The van der Waals surface area contributed by atoms with Gasteiger partial charge in [-0.3, -0.25) is 0 Å². The minimum atomic E-state index is 0. The molecule has 0 aliphatic carbocycles. The average Bonchev–Trinajstić information content (AvgIpc) is 0. The Hall–Kier alpha value is 1.20. The first kappa shape index (κ1) is 596. The van der Waals surface area contributed by atoms with Crippen LogP contribution in [0.3, 0.4) is 0 Å². The standard InChI is InChI=1S/ClH.La.7H2O/h1H;;7*1H2/q;+3;;;;;;;/p-1. The third-order valence-electron chi connectivity index (χ3n) is 0. The number of halogens is 1. The van der Waals surface area contributed by atoms with Crippen LogP contribution in [-0.4, -0.2) is 38.3 Å². The van der Waals surface area contributed by atoms with Crippen molar-refractivity contribution in [1.82, 2.24) is 0 Å². The quantitative estimate of drug-likeness (QED) is 0.406. The summed E-state index contributed by atoms with van der Waals surface area (Å²) < 4.78 is 0. The summed E-state index contributed by atoms with van der Waals surface area (Å²) in [4.78, 5) is 0. The topological polar surface area (TPSA) is 220 Å². The Morgan fingerprint density at radius 1 is 0.333 bits per heavy atom. The van der Waals surface area contributed by atoms with Gasteiger partial charge in [-0.1, -0.05) is 0 Å². The van der Waals surface area contributed by atoms with Gasteiger partial charge in [-0.05, 0) is 0 Å². The molecule has 9 heavy (non-hydrogen) atoms. The second kappa shape index (κ2) is 427. The molecule has 0 bridgehead atoms. The Kier molecular flexibility index (Phi) is 28300. The van der Waals surface area contributed by atoms with Gasteiger partial charge in [0.1, 0.15) is 0 Å². The maximum Gasteiger partial charge on any atom is 3.00 e. The fraction of sp³-hybridized carbons (Fsp3) is 0. The molecule has 0 aliphatic rings. The van der Waals surface area contributed by atoms with Gasteiger partial charge in [-0.15, -0.1) is 0 Å². The zero-order valence-electron chi connectivity index (χ0n) is 4.46. The predicted octanol–water partition coefficient (Wildman–Crippen LogP) is -8.77. The van der Waals surface area contributed by atoms with Crippen LogP contribution in [0, 0.1) is 35.6 Å². The molecule has 0 spiro atoms. The Bertz CT molecular complexity index is 8.88. The van der Waals surface area contributed by atoms with Crippen LogP contribution in [0.25, 0.3) is 0 Å². The average molecular weight is 300 g/mol. The maximum atomic E-state index is 0. The van der Waals surface area contributed by atoms with E-state index in [9.17, 15) is 0 Å². The Balaban J connectivity index is 0. The molecule has 0 saturated carbocycles. The first-order valence-corrected chi connectivity index (χ1v) is 0. The molecular weight excluding hydrogens is 286 g/mol. The predicted molar refractivity (Wildman–Crippen MR) is 25.3 cm³/mol. The van der Waals surface area contributed by atoms with Crippen molar-refractivity contribution in [2.24, 2.45) is 0 Å². The molecule has 0 heterocycles. The van der Waals surface area contributed by atoms with Crippen LogP contribution >= 0.6 is 0 Å². The molecule has 0 fully saturated rings. The van der Waals surface area contributed by atoms with Crippen molar-refractivity contribution in [2.75, 3.05) is 0 Å². The van der Waals surface area contributed by atoms with Gasteiger partial charge in [0.25, 0.3) is 0 Å². The van der Waals surface area contributed by atoms with Gasteiger partial charge >= 0.3 is 35.6 Å². The molecule has 0 amide bonds. The monoisotopic (exact) mass is 300 g/mol. The smallest absolute Gasteiger partial charge is 1.00 e. The molecule has 0 aliphatic heterocycles. The molecule has 9 heteroatoms. The Morgan fingerprint density at radius 2 is 0.333 bits per heavy atom. The molecule has 14 N–H and O–H groups in total. The van der Waals surface area contributed by atoms with E-state index in [-0.39, 0.29) is 86.3 Å². The van der Waals surface area contributed by atoms with Gasteiger partial charge < -0.3 is 50.7 Å². The zero-order chi connectivity index (χ0) is 0. The molecule has 0 aromatic carbocycles. The molecular formula is H14ClLaO7+2. The van der Waals surface area contributed by atoms with Crippen LogP contribution in [0.2, 0.25) is 0 Å². The molecule has 0 aromatic heterocycles. The third kappa shape index (κ3) is 329. The summed E-state index contributed by atoms with van der Waals surface area (Å²) in [6, 6.07) is 0. The van der Waals surface area contributed by atoms with Crippen LogP contribution in [-0.2, 0) is 0 Å². The van der Waals surface area contributed by atoms with E-state index >= 15 is 0 Å². The molecule has 0 saturated heterocycles. The fourth-order valence-electron chi connectivity index (χ4n) is 0. The molecule has 0 unspecified atom stereocenters. The van der Waals surface area contributed by atoms with Crippen molar-refractivity contribution in [3.8, 4) is 0 Å². The second-order valence-corrected chi connectivity index (χ2v) is 0. The first-order chi connectivity index (χ1) is 0. The Labute approximate surface area is 86.0 Å². The fourth-order valence-corrected chi connectivity index (χ4v) is 0. The summed E-state index contributed by atoms with van der Waals surface area (Å²) in [7, 11) is 0. The molecule has 64 valence electrons. The van der Waals surface area contributed by atoms with Crippen molar-refractivity contribution in [3.63, 3.8) is 0 Å². The van der Waals surface area contributed by atoms with Crippen molar-refractivity contribution < 1.29 is 86.3 Å². The summed E-state index contributed by atoms with van der Waals surface area (Å²) in [5, 5.41) is 0. The SMILES string of the molecule is O.O.O.O.O.O.O.[Cl-].[La+3]. The third-order valence-corrected chi connectivity index (χ3v) is 0. The van der Waals surface area contributed by atoms with E-state index in [4.69, 9.17) is 0 Å². The van der Waals surface area contributed by atoms with Gasteiger partial charge in [0, 0.05) is 0 Å². The van der Waals surface area contributed by atoms with Crippen LogP contribution in [0.5, 0.6) is 0 Å². The first-order valence-electron chi connectivity index (χ1n) is 0. The number of rotatable bonds is 0. The van der Waals surface area contributed by atoms with Crippen LogP contribution in [0.15, 0.2) is 0 Å². The van der Waals surface area contributed by atoms with E-state index in [0.717, 1.165) is 0 Å². The molecule has 7 nitrogen and oxygen atoms in total. The van der Waals surface area contributed by atoms with Gasteiger partial charge in [-0.25, -0.2) is 0 Å². The van der Waals surface area contributed by atoms with E-state index in [1.54, 1.807) is 0 Å². The van der Waals surface area contributed by atoms with Crippen LogP contribution in [0.4, 0.5) is 0 Å². The van der Waals surface area contributed by atoms with E-state index in [1.165, 1.54) is 0 Å². The van der Waals surface area contributed by atoms with Crippen molar-refractivity contribution in [3.05, 3.63) is 0 Å². The maximum absolute atomic E-state index is 0. The zero-order valence-corrected chi connectivity index (χ0v) is 8.84. The summed E-state index contributed by atoms with van der Waals surface area (Å²) in [5.74, 6) is 0. The van der Waals surface area contributed by atoms with E-state index < -0.39 is 0 Å². The summed E-state index contributed by atoms with van der Waals surface area (Å²) in [6.07, 6.45) is 0. The summed E-state index contributed by atoms with van der Waals surface area (Å²) in [5.41, 5.74) is 0. The van der Waals surface area contributed by atoms with E-state index in [2.05, 4.69) is 0 Å². The van der Waals surface area contributed by atoms with Gasteiger partial charge in [0.15, 0.2) is 0 Å². The van der Waals surface area contributed by atoms with Gasteiger partial charge in [-0.2, -0.15) is 0 Å². The second-order valence-electron chi connectivity index (χ2n) is 0. The van der Waals surface area contributed by atoms with Crippen molar-refractivity contribution in [2.45, 2.75) is 0 Å². The van der Waals surface area contributed by atoms with Gasteiger partial charge in [0.05, 0.1) is 0 Å². The van der Waals surface area contributed by atoms with E-state index in [1.807, 2.05) is 0 Å². The normalized spacial score (nSPS) is 0. The number of hydrogen-bond acceptors (Lipinski definition) is 0. The number of hydrogen-bond donors (Lipinski definition) is 0. The molecule has 0 radical (unpaired) electrons. The van der Waals surface area contributed by atoms with Crippen molar-refractivity contribution >= 4 is 0 Å². The summed E-state index contributed by atoms with van der Waals surface area (Å²) in [6.45, 7) is 0. The van der Waals surface area contributed by atoms with E-state index in [0.29, 0.717) is 0 Å². The summed E-state index contributed by atoms with van der Waals surface area (Å²) >= 11 is 0.